The fourth-order valence-corrected chi connectivity index (χ4v) is 3.33. The summed E-state index contributed by atoms with van der Waals surface area (Å²) < 4.78 is 37.1. The van der Waals surface area contributed by atoms with Gasteiger partial charge in [-0.2, -0.15) is 0 Å². The van der Waals surface area contributed by atoms with Gasteiger partial charge in [-0.3, -0.25) is 19.2 Å². The Morgan fingerprint density at radius 3 is 2.17 bits per heavy atom. The van der Waals surface area contributed by atoms with Crippen LogP contribution >= 0.6 is 0 Å². The van der Waals surface area contributed by atoms with Crippen LogP contribution in [0, 0.1) is 5.92 Å². The summed E-state index contributed by atoms with van der Waals surface area (Å²) in [6.07, 6.45) is -5.32. The molecular formula is C21H29N3O12. The molecular weight excluding hydrogens is 486 g/mol. The van der Waals surface area contributed by atoms with Gasteiger partial charge in [-0.05, 0) is 5.53 Å². The van der Waals surface area contributed by atoms with Crippen molar-refractivity contribution in [2.75, 3.05) is 26.9 Å². The van der Waals surface area contributed by atoms with Gasteiger partial charge in [-0.1, -0.05) is 12.0 Å². The molecule has 0 spiro atoms. The van der Waals surface area contributed by atoms with Gasteiger partial charge in [0, 0.05) is 38.5 Å². The molecule has 0 bridgehead atoms. The van der Waals surface area contributed by atoms with Crippen molar-refractivity contribution >= 4 is 29.8 Å². The topological polar surface area (TPSA) is 199 Å². The van der Waals surface area contributed by atoms with Crippen LogP contribution in [0.1, 0.15) is 34.6 Å². The first kappa shape index (κ1) is 30.0. The van der Waals surface area contributed by atoms with E-state index in [1.54, 1.807) is 0 Å². The maximum Gasteiger partial charge on any atom is 0.377 e. The van der Waals surface area contributed by atoms with Crippen LogP contribution in [0.2, 0.25) is 0 Å². The minimum Gasteiger partial charge on any atom is -0.490 e. The fraction of sp³-hybridized carbons (Fsp3) is 0.667. The number of nitrogens with zero attached hydrogens (tertiary/aromatic N) is 3. The first-order valence-electron chi connectivity index (χ1n) is 10.7. The monoisotopic (exact) mass is 515 g/mol. The average molecular weight is 515 g/mol. The molecule has 1 rings (SSSR count). The van der Waals surface area contributed by atoms with Crippen LogP contribution in [-0.4, -0.2) is 81.1 Å². The number of rotatable bonds is 12. The third-order valence-corrected chi connectivity index (χ3v) is 4.67. The molecule has 1 aliphatic rings. The zero-order valence-electron chi connectivity index (χ0n) is 20.7. The summed E-state index contributed by atoms with van der Waals surface area (Å²) in [7, 11) is 1.07. The van der Waals surface area contributed by atoms with E-state index < -0.39 is 72.5 Å². The van der Waals surface area contributed by atoms with E-state index in [1.807, 2.05) is 0 Å². The fourth-order valence-electron chi connectivity index (χ4n) is 3.33. The van der Waals surface area contributed by atoms with Crippen molar-refractivity contribution in [2.45, 2.75) is 59.0 Å². The average Bonchev–Trinajstić information content (AvgIpc) is 2.79. The molecule has 0 unspecified atom stereocenters. The second-order valence-corrected chi connectivity index (χ2v) is 7.48. The number of esters is 5. The van der Waals surface area contributed by atoms with Crippen LogP contribution in [-0.2, 0) is 57.1 Å². The van der Waals surface area contributed by atoms with Gasteiger partial charge in [-0.25, -0.2) is 4.79 Å². The lowest BCUT2D eigenvalue weighted by atomic mass is 9.87. The molecule has 0 aromatic rings. The zero-order valence-corrected chi connectivity index (χ0v) is 20.7. The lowest BCUT2D eigenvalue weighted by Crippen LogP contribution is -2.54. The highest BCUT2D eigenvalue weighted by Gasteiger charge is 2.50. The molecule has 0 aromatic heterocycles. The van der Waals surface area contributed by atoms with Crippen molar-refractivity contribution < 1.29 is 57.1 Å². The predicted octanol–water partition coefficient (Wildman–Crippen LogP) is 1.09. The molecule has 0 amide bonds. The number of ether oxygens (including phenoxy) is 7. The van der Waals surface area contributed by atoms with Crippen molar-refractivity contribution in [3.05, 3.63) is 22.0 Å². The Labute approximate surface area is 206 Å². The second kappa shape index (κ2) is 14.4. The highest BCUT2D eigenvalue weighted by Crippen LogP contribution is 2.36. The minimum atomic E-state index is -1.43. The number of carbonyl (C=O) groups excluding carboxylic acids is 5. The maximum absolute atomic E-state index is 12.6. The largest absolute Gasteiger partial charge is 0.490 e. The molecule has 0 radical (unpaired) electrons. The van der Waals surface area contributed by atoms with E-state index in [2.05, 4.69) is 10.0 Å². The number of carbonyl (C=O) groups is 5. The molecule has 200 valence electrons. The summed E-state index contributed by atoms with van der Waals surface area (Å²) in [5.41, 5.74) is 8.47. The van der Waals surface area contributed by atoms with Crippen molar-refractivity contribution in [1.29, 1.82) is 0 Å². The Bertz CT molecular complexity index is 927. The van der Waals surface area contributed by atoms with Gasteiger partial charge >= 0.3 is 29.8 Å². The van der Waals surface area contributed by atoms with Crippen molar-refractivity contribution in [3.63, 3.8) is 0 Å². The van der Waals surface area contributed by atoms with E-state index in [0.29, 0.717) is 0 Å². The summed E-state index contributed by atoms with van der Waals surface area (Å²) in [5.74, 6) is -5.67. The van der Waals surface area contributed by atoms with Crippen LogP contribution in [0.25, 0.3) is 10.4 Å². The van der Waals surface area contributed by atoms with E-state index in [9.17, 15) is 24.0 Å². The van der Waals surface area contributed by atoms with Gasteiger partial charge in [0.2, 0.25) is 5.76 Å². The van der Waals surface area contributed by atoms with Gasteiger partial charge in [0.05, 0.1) is 20.3 Å². The van der Waals surface area contributed by atoms with Crippen LogP contribution < -0.4 is 0 Å². The third kappa shape index (κ3) is 8.98. The van der Waals surface area contributed by atoms with Gasteiger partial charge < -0.3 is 33.2 Å². The van der Waals surface area contributed by atoms with Crippen molar-refractivity contribution in [1.82, 2.24) is 0 Å². The maximum atomic E-state index is 12.6. The number of methoxy groups -OCH3 is 1. The van der Waals surface area contributed by atoms with E-state index in [4.69, 9.17) is 38.7 Å². The smallest absolute Gasteiger partial charge is 0.377 e. The van der Waals surface area contributed by atoms with Gasteiger partial charge in [0.1, 0.15) is 12.7 Å². The number of hydrogen-bond donors (Lipinski definition) is 0. The molecule has 15 nitrogen and oxygen atoms in total. The third-order valence-electron chi connectivity index (χ3n) is 4.67. The molecule has 1 aliphatic heterocycles. The van der Waals surface area contributed by atoms with Gasteiger partial charge in [-0.15, -0.1) is 0 Å². The van der Waals surface area contributed by atoms with Crippen LogP contribution in [0.15, 0.2) is 16.6 Å². The first-order chi connectivity index (χ1) is 16.9. The SMILES string of the molecule is COC(=O)C1=C(OCCN=[N+]=[N-])[C@H](OC(C)=O)[C@@H](C)[C@H]([C@H](OC(C)=O)[C@@H](COC(C)=O)OC(C)=O)O1. The highest BCUT2D eigenvalue weighted by atomic mass is 16.6. The number of azide groups is 1. The van der Waals surface area contributed by atoms with Gasteiger partial charge in [0.15, 0.2) is 24.1 Å². The zero-order chi connectivity index (χ0) is 27.4. The van der Waals surface area contributed by atoms with E-state index in [1.165, 1.54) is 6.92 Å². The molecule has 0 N–H and O–H groups in total. The Balaban J connectivity index is 3.60. The molecule has 0 aromatic carbocycles. The Hall–Kier alpha value is -4.00. The summed E-state index contributed by atoms with van der Waals surface area (Å²) in [5, 5.41) is 3.33. The molecule has 0 saturated heterocycles. The molecule has 5 atom stereocenters. The van der Waals surface area contributed by atoms with E-state index >= 15 is 0 Å². The minimum absolute atomic E-state index is 0.119. The summed E-state index contributed by atoms with van der Waals surface area (Å²) in [4.78, 5) is 62.2. The molecule has 0 saturated carbocycles. The summed E-state index contributed by atoms with van der Waals surface area (Å²) >= 11 is 0. The normalized spacial score (nSPS) is 20.4. The van der Waals surface area contributed by atoms with Crippen molar-refractivity contribution in [3.8, 4) is 0 Å². The summed E-state index contributed by atoms with van der Waals surface area (Å²) in [6, 6.07) is 0. The summed E-state index contributed by atoms with van der Waals surface area (Å²) in [6.45, 7) is 5.13. The van der Waals surface area contributed by atoms with E-state index in [-0.39, 0.29) is 18.9 Å². The molecule has 36 heavy (non-hydrogen) atoms. The molecule has 15 heteroatoms. The Kier molecular flexibility index (Phi) is 12.0. The van der Waals surface area contributed by atoms with Gasteiger partial charge in [0.25, 0.3) is 0 Å². The second-order valence-electron chi connectivity index (χ2n) is 7.48. The first-order valence-corrected chi connectivity index (χ1v) is 10.7. The highest BCUT2D eigenvalue weighted by molar-refractivity contribution is 5.87. The molecule has 0 aliphatic carbocycles. The molecule has 0 fully saturated rings. The lowest BCUT2D eigenvalue weighted by molar-refractivity contribution is -0.198. The van der Waals surface area contributed by atoms with Crippen molar-refractivity contribution in [2.24, 2.45) is 11.0 Å². The Morgan fingerprint density at radius 1 is 1.03 bits per heavy atom. The van der Waals surface area contributed by atoms with E-state index in [0.717, 1.165) is 34.8 Å². The standard InChI is InChI=1S/C21H29N3O12/c1-10-16(18(35-14(5)28)15(33-12(3)26)9-32-11(2)25)36-20(21(29)30-6)19(17(10)34-13(4)27)31-8-7-23-24-22/h10,15-18H,7-9H2,1-6H3/t10-,15+,16+,17+,18+/m0/s1. The van der Waals surface area contributed by atoms with Crippen LogP contribution in [0.3, 0.4) is 0 Å². The lowest BCUT2D eigenvalue weighted by Gasteiger charge is -2.41. The quantitative estimate of drug-likeness (QED) is 0.0896. The van der Waals surface area contributed by atoms with Crippen LogP contribution in [0.4, 0.5) is 0 Å². The van der Waals surface area contributed by atoms with Crippen LogP contribution in [0.5, 0.6) is 0 Å². The predicted molar refractivity (Wildman–Crippen MR) is 116 cm³/mol. The Morgan fingerprint density at radius 2 is 1.67 bits per heavy atom. The molecule has 1 heterocycles. The number of hydrogen-bond acceptors (Lipinski definition) is 13.